The predicted octanol–water partition coefficient (Wildman–Crippen LogP) is -3.01. The quantitative estimate of drug-likeness (QED) is 0.0486. The molecule has 1 aliphatic rings. The van der Waals surface area contributed by atoms with Gasteiger partial charge in [-0.25, -0.2) is 0 Å². The van der Waals surface area contributed by atoms with Gasteiger partial charge in [-0.3, -0.25) is 38.6 Å². The summed E-state index contributed by atoms with van der Waals surface area (Å²) >= 11 is 0. The number of guanidine groups is 1. The maximum atomic E-state index is 13.5. The first kappa shape index (κ1) is 38.5. The van der Waals surface area contributed by atoms with Crippen LogP contribution >= 0.6 is 0 Å². The number of aliphatic carboxylic acids is 2. The lowest BCUT2D eigenvalue weighted by Crippen LogP contribution is -2.59. The SMILES string of the molecule is CC[C@H](C)[C@@H]1NC(=O)[C@H](CC(=O)O)NC(=O)[C@H](CCCCN)NC(=O)[C@H](CCC(=O)O)NC(=O)[C@H](CCCN=C(N)N)NC1=O. The monoisotopic (exact) mass is 641 g/mol. The van der Waals surface area contributed by atoms with Crippen LogP contribution in [0.4, 0.5) is 0 Å². The van der Waals surface area contributed by atoms with Crippen molar-refractivity contribution in [1.82, 2.24) is 26.6 Å². The lowest BCUT2D eigenvalue weighted by molar-refractivity contribution is -0.142. The molecular formula is C27H47N9O9. The molecule has 1 rings (SSSR count). The first-order chi connectivity index (χ1) is 21.2. The number of unbranched alkanes of at least 4 members (excludes halogenated alkanes) is 1. The molecule has 254 valence electrons. The Morgan fingerprint density at radius 3 is 1.71 bits per heavy atom. The number of nitrogens with one attached hydrogen (secondary N) is 5. The summed E-state index contributed by atoms with van der Waals surface area (Å²) in [6, 6.07) is -6.85. The molecule has 0 saturated carbocycles. The minimum absolute atomic E-state index is 0.00775. The summed E-state index contributed by atoms with van der Waals surface area (Å²) in [4.78, 5) is 93.8. The Morgan fingerprint density at radius 2 is 1.22 bits per heavy atom. The number of carboxylic acids is 2. The summed E-state index contributed by atoms with van der Waals surface area (Å²) in [5.41, 5.74) is 16.3. The van der Waals surface area contributed by atoms with Crippen LogP contribution in [0.15, 0.2) is 4.99 Å². The molecule has 0 aromatic rings. The molecule has 0 unspecified atom stereocenters. The average Bonchev–Trinajstić information content (AvgIpc) is 2.96. The van der Waals surface area contributed by atoms with Crippen LogP contribution in [0, 0.1) is 5.92 Å². The molecule has 5 amide bonds. The molecule has 45 heavy (non-hydrogen) atoms. The highest BCUT2D eigenvalue weighted by Crippen LogP contribution is 2.12. The van der Waals surface area contributed by atoms with Gasteiger partial charge in [-0.2, -0.15) is 0 Å². The molecule has 1 saturated heterocycles. The van der Waals surface area contributed by atoms with E-state index >= 15 is 0 Å². The van der Waals surface area contributed by atoms with E-state index in [2.05, 4.69) is 31.6 Å². The molecule has 13 N–H and O–H groups in total. The molecule has 1 heterocycles. The molecule has 18 heteroatoms. The summed E-state index contributed by atoms with van der Waals surface area (Å²) in [5.74, 6) is -7.67. The molecule has 0 aromatic heterocycles. The number of carboxylic acid groups (broad SMARTS) is 2. The smallest absolute Gasteiger partial charge is 0.305 e. The van der Waals surface area contributed by atoms with Gasteiger partial charge in [-0.1, -0.05) is 20.3 Å². The highest BCUT2D eigenvalue weighted by Gasteiger charge is 2.36. The number of nitrogens with two attached hydrogens (primary N) is 3. The van der Waals surface area contributed by atoms with Gasteiger partial charge in [0.2, 0.25) is 29.5 Å². The van der Waals surface area contributed by atoms with E-state index in [1.54, 1.807) is 13.8 Å². The minimum Gasteiger partial charge on any atom is -0.481 e. The van der Waals surface area contributed by atoms with E-state index < -0.39 is 90.4 Å². The maximum absolute atomic E-state index is 13.5. The van der Waals surface area contributed by atoms with Crippen LogP contribution in [0.25, 0.3) is 0 Å². The molecule has 0 spiro atoms. The number of hydrogen-bond acceptors (Lipinski definition) is 9. The molecule has 6 atom stereocenters. The molecule has 18 nitrogen and oxygen atoms in total. The van der Waals surface area contributed by atoms with Crippen molar-refractivity contribution in [3.63, 3.8) is 0 Å². The van der Waals surface area contributed by atoms with E-state index in [4.69, 9.17) is 17.2 Å². The topological polar surface area (TPSA) is 311 Å². The average molecular weight is 642 g/mol. The van der Waals surface area contributed by atoms with Crippen molar-refractivity contribution in [3.8, 4) is 0 Å². The Kier molecular flexibility index (Phi) is 16.9. The molecule has 0 aromatic carbocycles. The predicted molar refractivity (Wildman–Crippen MR) is 161 cm³/mol. The number of aliphatic imine (C=N–C) groups is 1. The van der Waals surface area contributed by atoms with Crippen molar-refractivity contribution in [2.45, 2.75) is 102 Å². The summed E-state index contributed by atoms with van der Waals surface area (Å²) in [7, 11) is 0. The van der Waals surface area contributed by atoms with Crippen LogP contribution < -0.4 is 43.8 Å². The second-order valence-corrected chi connectivity index (χ2v) is 10.9. The van der Waals surface area contributed by atoms with Gasteiger partial charge in [0.1, 0.15) is 30.2 Å². The van der Waals surface area contributed by atoms with Crippen LogP contribution in [-0.4, -0.2) is 101 Å². The van der Waals surface area contributed by atoms with Crippen LogP contribution in [-0.2, 0) is 33.6 Å². The Bertz CT molecular complexity index is 1100. The first-order valence-electron chi connectivity index (χ1n) is 14.9. The summed E-state index contributed by atoms with van der Waals surface area (Å²) in [6.07, 6.45) is -0.211. The molecule has 0 aliphatic carbocycles. The third kappa shape index (κ3) is 14.2. The van der Waals surface area contributed by atoms with Gasteiger partial charge in [-0.15, -0.1) is 0 Å². The Labute approximate surface area is 261 Å². The van der Waals surface area contributed by atoms with Crippen molar-refractivity contribution >= 4 is 47.4 Å². The van der Waals surface area contributed by atoms with Gasteiger partial charge < -0.3 is 54.0 Å². The fourth-order valence-electron chi connectivity index (χ4n) is 4.49. The van der Waals surface area contributed by atoms with E-state index in [0.29, 0.717) is 19.3 Å². The minimum atomic E-state index is -1.62. The summed E-state index contributed by atoms with van der Waals surface area (Å²) in [5, 5.41) is 31.1. The standard InChI is InChI=1S/C27H47N9O9/c1-3-14(2)21-26(45)34-16(8-6-12-31-27(29)30)22(41)33-17(9-10-19(37)38)24(43)32-15(7-4-5-11-28)23(42)35-18(13-20(39)40)25(44)36-21/h14-18,21H,3-13,28H2,1-2H3,(H,32,43)(H,33,41)(H,34,45)(H,35,42)(H,36,44)(H,37,38)(H,39,40)(H4,29,30,31)/t14-,15-,16-,17-,18-,21-/m0/s1. The Hall–Kier alpha value is -4.48. The van der Waals surface area contributed by atoms with E-state index in [0.717, 1.165) is 0 Å². The molecular weight excluding hydrogens is 594 g/mol. The number of rotatable bonds is 15. The lowest BCUT2D eigenvalue weighted by atomic mass is 9.96. The van der Waals surface area contributed by atoms with E-state index in [9.17, 15) is 43.8 Å². The van der Waals surface area contributed by atoms with Crippen molar-refractivity contribution in [3.05, 3.63) is 0 Å². The van der Waals surface area contributed by atoms with Gasteiger partial charge >= 0.3 is 11.9 Å². The summed E-state index contributed by atoms with van der Waals surface area (Å²) < 4.78 is 0. The third-order valence-electron chi connectivity index (χ3n) is 7.24. The van der Waals surface area contributed by atoms with Crippen LogP contribution in [0.2, 0.25) is 0 Å². The third-order valence-corrected chi connectivity index (χ3v) is 7.24. The fraction of sp³-hybridized carbons (Fsp3) is 0.704. The molecule has 1 fully saturated rings. The van der Waals surface area contributed by atoms with Crippen molar-refractivity contribution in [1.29, 1.82) is 0 Å². The van der Waals surface area contributed by atoms with E-state index in [1.165, 1.54) is 0 Å². The number of nitrogens with zero attached hydrogens (tertiary/aromatic N) is 1. The maximum Gasteiger partial charge on any atom is 0.305 e. The van der Waals surface area contributed by atoms with Gasteiger partial charge in [0.15, 0.2) is 5.96 Å². The normalized spacial score (nSPS) is 24.0. The van der Waals surface area contributed by atoms with E-state index in [-0.39, 0.29) is 44.7 Å². The highest BCUT2D eigenvalue weighted by atomic mass is 16.4. The number of carbonyl (C=O) groups is 7. The second kappa shape index (κ2) is 19.7. The highest BCUT2D eigenvalue weighted by molar-refractivity contribution is 5.98. The molecule has 1 aliphatic heterocycles. The number of hydrogen-bond donors (Lipinski definition) is 10. The van der Waals surface area contributed by atoms with Gasteiger partial charge in [-0.05, 0) is 51.0 Å². The van der Waals surface area contributed by atoms with Gasteiger partial charge in [0.05, 0.1) is 6.42 Å². The zero-order chi connectivity index (χ0) is 34.1. The first-order valence-corrected chi connectivity index (χ1v) is 14.9. The van der Waals surface area contributed by atoms with Crippen LogP contribution in [0.1, 0.15) is 71.6 Å². The van der Waals surface area contributed by atoms with Gasteiger partial charge in [0, 0.05) is 13.0 Å². The Balaban J connectivity index is 3.64. The van der Waals surface area contributed by atoms with Crippen LogP contribution in [0.3, 0.4) is 0 Å². The second-order valence-electron chi connectivity index (χ2n) is 10.9. The van der Waals surface area contributed by atoms with Crippen molar-refractivity contribution < 1.29 is 43.8 Å². The van der Waals surface area contributed by atoms with Crippen LogP contribution in [0.5, 0.6) is 0 Å². The summed E-state index contributed by atoms with van der Waals surface area (Å²) in [6.45, 7) is 3.80. The molecule has 0 radical (unpaired) electrons. The van der Waals surface area contributed by atoms with Crippen molar-refractivity contribution in [2.24, 2.45) is 28.1 Å². The van der Waals surface area contributed by atoms with E-state index in [1.807, 2.05) is 0 Å². The Morgan fingerprint density at radius 1 is 0.733 bits per heavy atom. The molecule has 0 bridgehead atoms. The lowest BCUT2D eigenvalue weighted by Gasteiger charge is -2.28. The largest absolute Gasteiger partial charge is 0.481 e. The zero-order valence-electron chi connectivity index (χ0n) is 25.7. The fourth-order valence-corrected chi connectivity index (χ4v) is 4.49. The number of carbonyl (C=O) groups excluding carboxylic acids is 5. The van der Waals surface area contributed by atoms with Gasteiger partial charge in [0.25, 0.3) is 0 Å². The van der Waals surface area contributed by atoms with Crippen molar-refractivity contribution in [2.75, 3.05) is 13.1 Å². The zero-order valence-corrected chi connectivity index (χ0v) is 25.7. The number of amides is 5.